The first-order valence-electron chi connectivity index (χ1n) is 12.5. The van der Waals surface area contributed by atoms with Crippen molar-refractivity contribution in [3.8, 4) is 16.2 Å². The van der Waals surface area contributed by atoms with Crippen LogP contribution in [0.3, 0.4) is 0 Å². The average Bonchev–Trinajstić information content (AvgIpc) is 3.43. The van der Waals surface area contributed by atoms with Crippen LogP contribution in [-0.4, -0.2) is 94.3 Å². The van der Waals surface area contributed by atoms with Crippen molar-refractivity contribution in [3.05, 3.63) is 36.4 Å². The van der Waals surface area contributed by atoms with Gasteiger partial charge < -0.3 is 9.47 Å². The summed E-state index contributed by atoms with van der Waals surface area (Å²) in [5.74, 6) is -0.888. The number of hydrogen-bond donors (Lipinski definition) is 1. The second-order valence-electron chi connectivity index (χ2n) is 9.40. The topological polar surface area (TPSA) is 152 Å². The molecule has 13 nitrogen and oxygen atoms in total. The molecule has 2 saturated heterocycles. The van der Waals surface area contributed by atoms with Gasteiger partial charge in [-0.1, -0.05) is 0 Å². The van der Waals surface area contributed by atoms with E-state index in [9.17, 15) is 26.4 Å². The number of amides is 1. The summed E-state index contributed by atoms with van der Waals surface area (Å²) in [5.41, 5.74) is 3.00. The SMILES string of the molecule is CC(=O)Oc1ccc(-c2ccc(S(=O)(=O)N3CCN(S(=O)(=O)N(C)C)CC3C(=O)NOC3CCCCO3)s2)cc1. The highest BCUT2D eigenvalue weighted by atomic mass is 32.2. The maximum Gasteiger partial charge on any atom is 0.308 e. The summed E-state index contributed by atoms with van der Waals surface area (Å²) < 4.78 is 66.7. The zero-order valence-electron chi connectivity index (χ0n) is 22.3. The Morgan fingerprint density at radius 3 is 2.40 bits per heavy atom. The highest BCUT2D eigenvalue weighted by Gasteiger charge is 2.44. The normalized spacial score (nSPS) is 21.3. The molecule has 1 aromatic carbocycles. The molecule has 2 aliphatic rings. The Bertz CT molecular complexity index is 1420. The zero-order chi connectivity index (χ0) is 29.1. The molecular formula is C24H32N4O9S3. The van der Waals surface area contributed by atoms with Gasteiger partial charge in [0.1, 0.15) is 16.0 Å². The smallest absolute Gasteiger partial charge is 0.308 e. The Morgan fingerprint density at radius 2 is 1.77 bits per heavy atom. The molecule has 16 heteroatoms. The van der Waals surface area contributed by atoms with E-state index in [1.54, 1.807) is 30.3 Å². The summed E-state index contributed by atoms with van der Waals surface area (Å²) in [6.45, 7) is 1.01. The Balaban J connectivity index is 1.57. The minimum Gasteiger partial charge on any atom is -0.427 e. The molecule has 220 valence electrons. The quantitative estimate of drug-likeness (QED) is 0.250. The molecule has 3 heterocycles. The van der Waals surface area contributed by atoms with E-state index in [-0.39, 0.29) is 17.3 Å². The number of nitrogens with zero attached hydrogens (tertiary/aromatic N) is 3. The molecule has 0 aliphatic carbocycles. The van der Waals surface area contributed by atoms with Gasteiger partial charge in [-0.15, -0.1) is 11.3 Å². The van der Waals surface area contributed by atoms with Gasteiger partial charge in [-0.05, 0) is 54.8 Å². The minimum absolute atomic E-state index is 0.00943. The first-order valence-corrected chi connectivity index (χ1v) is 16.2. The highest BCUT2D eigenvalue weighted by Crippen LogP contribution is 2.34. The van der Waals surface area contributed by atoms with Crippen molar-refractivity contribution in [1.29, 1.82) is 0 Å². The first-order chi connectivity index (χ1) is 18.9. The second-order valence-corrected chi connectivity index (χ2v) is 14.7. The Morgan fingerprint density at radius 1 is 1.05 bits per heavy atom. The van der Waals surface area contributed by atoms with E-state index >= 15 is 0 Å². The third-order valence-corrected chi connectivity index (χ3v) is 11.8. The lowest BCUT2D eigenvalue weighted by Gasteiger charge is -2.39. The van der Waals surface area contributed by atoms with E-state index in [2.05, 4.69) is 5.48 Å². The van der Waals surface area contributed by atoms with Gasteiger partial charge in [0.25, 0.3) is 26.1 Å². The summed E-state index contributed by atoms with van der Waals surface area (Å²) in [5, 5.41) is 0. The number of carbonyl (C=O) groups excluding carboxylic acids is 2. The van der Waals surface area contributed by atoms with Crippen molar-refractivity contribution in [2.45, 2.75) is 42.7 Å². The molecule has 40 heavy (non-hydrogen) atoms. The summed E-state index contributed by atoms with van der Waals surface area (Å²) in [4.78, 5) is 30.4. The molecular weight excluding hydrogens is 584 g/mol. The number of thiophene rings is 1. The van der Waals surface area contributed by atoms with Gasteiger partial charge in [0.05, 0.1) is 0 Å². The van der Waals surface area contributed by atoms with Gasteiger partial charge in [-0.3, -0.25) is 9.59 Å². The number of nitrogens with one attached hydrogen (secondary N) is 1. The lowest BCUT2D eigenvalue weighted by Crippen LogP contribution is -2.62. The number of benzene rings is 1. The molecule has 1 aromatic heterocycles. The van der Waals surface area contributed by atoms with Gasteiger partial charge in [0.2, 0.25) is 0 Å². The van der Waals surface area contributed by atoms with Gasteiger partial charge in [0.15, 0.2) is 6.29 Å². The molecule has 2 unspecified atom stereocenters. The molecule has 0 spiro atoms. The monoisotopic (exact) mass is 616 g/mol. The number of carbonyl (C=O) groups is 2. The number of rotatable bonds is 9. The fourth-order valence-electron chi connectivity index (χ4n) is 4.26. The van der Waals surface area contributed by atoms with E-state index in [0.29, 0.717) is 29.2 Å². The third kappa shape index (κ3) is 6.88. The molecule has 1 amide bonds. The van der Waals surface area contributed by atoms with Crippen LogP contribution in [0.2, 0.25) is 0 Å². The first kappa shape index (κ1) is 30.5. The van der Waals surface area contributed by atoms with Crippen LogP contribution in [0.4, 0.5) is 0 Å². The molecule has 0 radical (unpaired) electrons. The molecule has 2 aromatic rings. The zero-order valence-corrected chi connectivity index (χ0v) is 24.8. The summed E-state index contributed by atoms with van der Waals surface area (Å²) >= 11 is 1.01. The average molecular weight is 617 g/mol. The summed E-state index contributed by atoms with van der Waals surface area (Å²) in [7, 11) is -5.38. The number of esters is 1. The number of ether oxygens (including phenoxy) is 2. The van der Waals surface area contributed by atoms with Crippen LogP contribution in [0.25, 0.3) is 10.4 Å². The van der Waals surface area contributed by atoms with E-state index in [4.69, 9.17) is 14.3 Å². The molecule has 0 bridgehead atoms. The Labute approximate surface area is 237 Å². The Kier molecular flexibility index (Phi) is 9.62. The number of piperazine rings is 1. The van der Waals surface area contributed by atoms with Gasteiger partial charge >= 0.3 is 5.97 Å². The van der Waals surface area contributed by atoms with Crippen LogP contribution in [0.5, 0.6) is 5.75 Å². The van der Waals surface area contributed by atoms with Gasteiger partial charge in [0, 0.05) is 58.6 Å². The maximum absolute atomic E-state index is 13.8. The Hall–Kier alpha value is -2.44. The molecule has 2 fully saturated rings. The highest BCUT2D eigenvalue weighted by molar-refractivity contribution is 7.91. The van der Waals surface area contributed by atoms with Gasteiger partial charge in [-0.25, -0.2) is 18.7 Å². The van der Waals surface area contributed by atoms with Crippen LogP contribution >= 0.6 is 11.3 Å². The molecule has 2 aliphatic heterocycles. The van der Waals surface area contributed by atoms with Crippen LogP contribution < -0.4 is 10.2 Å². The summed E-state index contributed by atoms with van der Waals surface area (Å²) in [6, 6.07) is 8.31. The van der Waals surface area contributed by atoms with Crippen molar-refractivity contribution in [2.75, 3.05) is 40.3 Å². The van der Waals surface area contributed by atoms with E-state index in [1.807, 2.05) is 0 Å². The fraction of sp³-hybridized carbons (Fsp3) is 0.500. The molecule has 0 saturated carbocycles. The number of hydrogen-bond acceptors (Lipinski definition) is 10. The van der Waals surface area contributed by atoms with E-state index in [0.717, 1.165) is 37.1 Å². The predicted molar refractivity (Wildman–Crippen MR) is 146 cm³/mol. The number of sulfonamides is 1. The van der Waals surface area contributed by atoms with Crippen molar-refractivity contribution in [2.24, 2.45) is 0 Å². The molecule has 4 rings (SSSR count). The standard InChI is InChI=1S/C24H32N4O9S3/c1-17(29)36-19-9-7-18(8-10-19)21-11-12-23(38-21)39(31,32)28-14-13-27(40(33,34)26(2)3)16-20(28)24(30)25-37-22-6-4-5-15-35-22/h7-12,20,22H,4-6,13-16H2,1-3H3,(H,25,30). The number of hydroxylamine groups is 1. The third-order valence-electron chi connectivity index (χ3n) is 6.36. The molecule has 2 atom stereocenters. The van der Waals surface area contributed by atoms with Crippen molar-refractivity contribution >= 4 is 43.4 Å². The second kappa shape index (κ2) is 12.6. The molecule has 1 N–H and O–H groups in total. The van der Waals surface area contributed by atoms with Crippen molar-refractivity contribution < 1.29 is 40.7 Å². The van der Waals surface area contributed by atoms with E-state index in [1.165, 1.54) is 27.1 Å². The van der Waals surface area contributed by atoms with Crippen molar-refractivity contribution in [1.82, 2.24) is 18.4 Å². The summed E-state index contributed by atoms with van der Waals surface area (Å²) in [6.07, 6.45) is 1.62. The lowest BCUT2D eigenvalue weighted by molar-refractivity contribution is -0.202. The maximum atomic E-state index is 13.8. The largest absolute Gasteiger partial charge is 0.427 e. The predicted octanol–water partition coefficient (Wildman–Crippen LogP) is 1.40. The fourth-order valence-corrected chi connectivity index (χ4v) is 8.38. The minimum atomic E-state index is -4.20. The van der Waals surface area contributed by atoms with Gasteiger partial charge in [-0.2, -0.15) is 21.3 Å². The lowest BCUT2D eigenvalue weighted by atomic mass is 10.2. The van der Waals surface area contributed by atoms with Crippen molar-refractivity contribution in [3.63, 3.8) is 0 Å². The van der Waals surface area contributed by atoms with Crippen LogP contribution in [-0.2, 0) is 39.4 Å². The van der Waals surface area contributed by atoms with E-state index < -0.39 is 51.0 Å². The van der Waals surface area contributed by atoms with Crippen LogP contribution in [0.15, 0.2) is 40.6 Å². The van der Waals surface area contributed by atoms with Crippen LogP contribution in [0, 0.1) is 0 Å². The van der Waals surface area contributed by atoms with Crippen LogP contribution in [0.1, 0.15) is 26.2 Å².